The fourth-order valence-electron chi connectivity index (χ4n) is 2.57. The van der Waals surface area contributed by atoms with Gasteiger partial charge in [-0.2, -0.15) is 0 Å². The summed E-state index contributed by atoms with van der Waals surface area (Å²) in [5.74, 6) is 0.215. The van der Waals surface area contributed by atoms with Gasteiger partial charge in [0.1, 0.15) is 0 Å². The molecule has 2 aromatic rings. The summed E-state index contributed by atoms with van der Waals surface area (Å²) < 4.78 is 0. The Hall–Kier alpha value is -2.01. The highest BCUT2D eigenvalue weighted by Gasteiger charge is 2.22. The van der Waals surface area contributed by atoms with Gasteiger partial charge >= 0.3 is 0 Å². The van der Waals surface area contributed by atoms with Crippen LogP contribution in [-0.2, 0) is 0 Å². The lowest BCUT2D eigenvalue weighted by molar-refractivity contribution is -0.384. The monoisotopic (exact) mass is 274 g/mol. The van der Waals surface area contributed by atoms with Gasteiger partial charge in [0.25, 0.3) is 5.69 Å². The fourth-order valence-corrected chi connectivity index (χ4v) is 2.57. The molecule has 0 saturated carbocycles. The van der Waals surface area contributed by atoms with Crippen molar-refractivity contribution in [3.63, 3.8) is 0 Å². The normalized spacial score (nSPS) is 14.4. The highest BCUT2D eigenvalue weighted by atomic mass is 16.6. The lowest BCUT2D eigenvalue weighted by Crippen LogP contribution is -2.21. The third-order valence-electron chi connectivity index (χ3n) is 3.48. The summed E-state index contributed by atoms with van der Waals surface area (Å²) >= 11 is 0. The van der Waals surface area contributed by atoms with E-state index in [0.29, 0.717) is 5.52 Å². The Labute approximate surface area is 117 Å². The number of aliphatic hydroxyl groups is 1. The van der Waals surface area contributed by atoms with E-state index in [4.69, 9.17) is 0 Å². The van der Waals surface area contributed by atoms with E-state index in [2.05, 4.69) is 4.98 Å². The van der Waals surface area contributed by atoms with Crippen LogP contribution in [0.25, 0.3) is 10.9 Å². The van der Waals surface area contributed by atoms with Crippen molar-refractivity contribution in [2.75, 3.05) is 0 Å². The van der Waals surface area contributed by atoms with Gasteiger partial charge in [-0.1, -0.05) is 19.9 Å². The third kappa shape index (κ3) is 2.77. The maximum Gasteiger partial charge on any atom is 0.270 e. The van der Waals surface area contributed by atoms with Crippen molar-refractivity contribution in [2.45, 2.75) is 32.8 Å². The summed E-state index contributed by atoms with van der Waals surface area (Å²) in [6.07, 6.45) is -0.488. The number of benzene rings is 1. The largest absolute Gasteiger partial charge is 0.393 e. The second kappa shape index (κ2) is 5.54. The molecule has 5 nitrogen and oxygen atoms in total. The van der Waals surface area contributed by atoms with E-state index >= 15 is 0 Å². The Morgan fingerprint density at radius 3 is 2.45 bits per heavy atom. The van der Waals surface area contributed by atoms with Crippen LogP contribution in [0.1, 0.15) is 32.4 Å². The van der Waals surface area contributed by atoms with Crippen LogP contribution >= 0.6 is 0 Å². The molecule has 0 fully saturated rings. The topological polar surface area (TPSA) is 76.3 Å². The first-order chi connectivity index (χ1) is 9.40. The molecule has 20 heavy (non-hydrogen) atoms. The minimum absolute atomic E-state index is 0.0467. The number of hydrogen-bond acceptors (Lipinski definition) is 4. The predicted molar refractivity (Wildman–Crippen MR) is 77.7 cm³/mol. The molecule has 0 spiro atoms. The average Bonchev–Trinajstić information content (AvgIpc) is 2.37. The van der Waals surface area contributed by atoms with Crippen LogP contribution in [0.4, 0.5) is 5.69 Å². The van der Waals surface area contributed by atoms with Crippen molar-refractivity contribution in [1.29, 1.82) is 0 Å². The highest BCUT2D eigenvalue weighted by Crippen LogP contribution is 2.29. The first-order valence-corrected chi connectivity index (χ1v) is 6.63. The number of non-ortho nitro benzene ring substituents is 1. The Bertz CT molecular complexity index is 630. The Morgan fingerprint density at radius 1 is 1.20 bits per heavy atom. The highest BCUT2D eigenvalue weighted by molar-refractivity contribution is 5.81. The Kier molecular flexibility index (Phi) is 3.99. The molecule has 0 aliphatic rings. The van der Waals surface area contributed by atoms with E-state index in [9.17, 15) is 15.2 Å². The quantitative estimate of drug-likeness (QED) is 0.685. The van der Waals surface area contributed by atoms with Gasteiger partial charge in [0.15, 0.2) is 0 Å². The van der Waals surface area contributed by atoms with Gasteiger partial charge < -0.3 is 5.11 Å². The summed E-state index contributed by atoms with van der Waals surface area (Å²) in [4.78, 5) is 14.9. The number of aromatic nitrogens is 1. The number of nitro groups is 1. The first-order valence-electron chi connectivity index (χ1n) is 6.63. The van der Waals surface area contributed by atoms with E-state index in [1.54, 1.807) is 13.0 Å². The van der Waals surface area contributed by atoms with Crippen LogP contribution in [-0.4, -0.2) is 21.1 Å². The van der Waals surface area contributed by atoms with Crippen LogP contribution < -0.4 is 0 Å². The third-order valence-corrected chi connectivity index (χ3v) is 3.48. The molecule has 1 N–H and O–H groups in total. The molecule has 0 aliphatic carbocycles. The maximum absolute atomic E-state index is 10.8. The zero-order valence-corrected chi connectivity index (χ0v) is 11.8. The average molecular weight is 274 g/mol. The van der Waals surface area contributed by atoms with E-state index in [-0.39, 0.29) is 17.5 Å². The summed E-state index contributed by atoms with van der Waals surface area (Å²) in [5.41, 5.74) is 1.58. The lowest BCUT2D eigenvalue weighted by Gasteiger charge is -2.23. The van der Waals surface area contributed by atoms with E-state index < -0.39 is 11.0 Å². The molecule has 0 saturated heterocycles. The molecule has 1 aromatic heterocycles. The molecular weight excluding hydrogens is 256 g/mol. The van der Waals surface area contributed by atoms with Gasteiger partial charge in [-0.05, 0) is 25.0 Å². The molecule has 2 unspecified atom stereocenters. The van der Waals surface area contributed by atoms with Gasteiger partial charge in [0, 0.05) is 29.1 Å². The number of fused-ring (bicyclic) bond motifs is 1. The zero-order chi connectivity index (χ0) is 14.9. The summed E-state index contributed by atoms with van der Waals surface area (Å²) in [6.45, 7) is 5.84. The number of aliphatic hydroxyl groups excluding tert-OH is 1. The molecule has 0 radical (unpaired) electrons. The number of hydrogen-bond donors (Lipinski definition) is 1. The minimum atomic E-state index is -0.488. The molecule has 5 heteroatoms. The molecule has 0 aliphatic heterocycles. The number of rotatable bonds is 4. The molecule has 2 rings (SSSR count). The van der Waals surface area contributed by atoms with Crippen LogP contribution in [0, 0.1) is 16.0 Å². The molecule has 1 heterocycles. The SMILES string of the molecule is CC(C)C(c1ccc2cc([N+](=O)[O-])ccc2n1)C(C)O. The van der Waals surface area contributed by atoms with E-state index in [0.717, 1.165) is 11.1 Å². The second-order valence-electron chi connectivity index (χ2n) is 5.38. The van der Waals surface area contributed by atoms with Crippen molar-refractivity contribution in [1.82, 2.24) is 4.98 Å². The van der Waals surface area contributed by atoms with Gasteiger partial charge in [0.05, 0.1) is 16.5 Å². The number of nitrogens with zero attached hydrogens (tertiary/aromatic N) is 2. The van der Waals surface area contributed by atoms with Crippen molar-refractivity contribution in [3.05, 3.63) is 46.1 Å². The maximum atomic E-state index is 10.8. The van der Waals surface area contributed by atoms with Crippen LogP contribution in [0.2, 0.25) is 0 Å². The van der Waals surface area contributed by atoms with E-state index in [1.807, 2.05) is 26.0 Å². The first kappa shape index (κ1) is 14.4. The molecule has 106 valence electrons. The van der Waals surface area contributed by atoms with Gasteiger partial charge in [-0.3, -0.25) is 15.1 Å². The van der Waals surface area contributed by atoms with Gasteiger partial charge in [0.2, 0.25) is 0 Å². The van der Waals surface area contributed by atoms with Crippen molar-refractivity contribution < 1.29 is 10.0 Å². The van der Waals surface area contributed by atoms with Crippen LogP contribution in [0.3, 0.4) is 0 Å². The van der Waals surface area contributed by atoms with Gasteiger partial charge in [-0.25, -0.2) is 0 Å². The summed E-state index contributed by atoms with van der Waals surface area (Å²) in [5, 5.41) is 21.4. The lowest BCUT2D eigenvalue weighted by atomic mass is 9.87. The van der Waals surface area contributed by atoms with Gasteiger partial charge in [-0.15, -0.1) is 0 Å². The Balaban J connectivity index is 2.48. The summed E-state index contributed by atoms with van der Waals surface area (Å²) in [6, 6.07) is 8.27. The predicted octanol–water partition coefficient (Wildman–Crippen LogP) is 3.26. The molecule has 2 atom stereocenters. The van der Waals surface area contributed by atoms with Crippen molar-refractivity contribution >= 4 is 16.6 Å². The molecule has 1 aromatic carbocycles. The number of pyridine rings is 1. The summed E-state index contributed by atoms with van der Waals surface area (Å²) in [7, 11) is 0. The standard InChI is InChI=1S/C15H18N2O3/c1-9(2)15(10(3)18)14-6-4-11-8-12(17(19)20)5-7-13(11)16-14/h4-10,15,18H,1-3H3. The Morgan fingerprint density at radius 2 is 1.90 bits per heavy atom. The molecule has 0 bridgehead atoms. The molecule has 0 amide bonds. The van der Waals surface area contributed by atoms with Crippen molar-refractivity contribution in [3.8, 4) is 0 Å². The number of nitro benzene ring substituents is 1. The van der Waals surface area contributed by atoms with Crippen LogP contribution in [0.15, 0.2) is 30.3 Å². The molecular formula is C15H18N2O3. The van der Waals surface area contributed by atoms with Crippen molar-refractivity contribution in [2.24, 2.45) is 5.92 Å². The fraction of sp³-hybridized carbons (Fsp3) is 0.400. The zero-order valence-electron chi connectivity index (χ0n) is 11.8. The smallest absolute Gasteiger partial charge is 0.270 e. The second-order valence-corrected chi connectivity index (χ2v) is 5.38. The van der Waals surface area contributed by atoms with Crippen LogP contribution in [0.5, 0.6) is 0 Å². The van der Waals surface area contributed by atoms with E-state index in [1.165, 1.54) is 12.1 Å². The minimum Gasteiger partial charge on any atom is -0.393 e.